The van der Waals surface area contributed by atoms with Crippen molar-refractivity contribution in [1.29, 1.82) is 0 Å². The molecule has 0 spiro atoms. The SMILES string of the molecule is Cc1noc(CN2CCC(C)C(CN)C2)n1. The van der Waals surface area contributed by atoms with Gasteiger partial charge in [0, 0.05) is 6.54 Å². The maximum atomic E-state index is 5.78. The molecule has 0 radical (unpaired) electrons. The molecule has 1 aliphatic rings. The van der Waals surface area contributed by atoms with Crippen LogP contribution in [0.3, 0.4) is 0 Å². The molecule has 2 atom stereocenters. The van der Waals surface area contributed by atoms with Crippen LogP contribution in [-0.4, -0.2) is 34.7 Å². The fourth-order valence-electron chi connectivity index (χ4n) is 2.27. The number of likely N-dealkylation sites (tertiary alicyclic amines) is 1. The van der Waals surface area contributed by atoms with Gasteiger partial charge in [0.2, 0.25) is 5.89 Å². The second kappa shape index (κ2) is 4.93. The van der Waals surface area contributed by atoms with Gasteiger partial charge in [0.1, 0.15) is 0 Å². The third kappa shape index (κ3) is 2.59. The number of hydrogen-bond donors (Lipinski definition) is 1. The van der Waals surface area contributed by atoms with E-state index in [4.69, 9.17) is 10.3 Å². The van der Waals surface area contributed by atoms with Gasteiger partial charge in [-0.25, -0.2) is 0 Å². The Hall–Kier alpha value is -0.940. The largest absolute Gasteiger partial charge is 0.338 e. The molecule has 1 fully saturated rings. The predicted molar refractivity (Wildman–Crippen MR) is 60.6 cm³/mol. The molecule has 2 N–H and O–H groups in total. The molecule has 1 aliphatic heterocycles. The van der Waals surface area contributed by atoms with E-state index >= 15 is 0 Å². The van der Waals surface area contributed by atoms with E-state index in [0.29, 0.717) is 17.6 Å². The van der Waals surface area contributed by atoms with E-state index in [2.05, 4.69) is 22.0 Å². The first-order valence-electron chi connectivity index (χ1n) is 5.90. The lowest BCUT2D eigenvalue weighted by Crippen LogP contribution is -2.42. The van der Waals surface area contributed by atoms with Crippen LogP contribution in [0.5, 0.6) is 0 Å². The molecular weight excluding hydrogens is 204 g/mol. The average Bonchev–Trinajstić information content (AvgIpc) is 2.67. The second-order valence-corrected chi connectivity index (χ2v) is 4.73. The van der Waals surface area contributed by atoms with Crippen molar-refractivity contribution in [2.24, 2.45) is 17.6 Å². The van der Waals surface area contributed by atoms with Crippen LogP contribution in [0.4, 0.5) is 0 Å². The maximum absolute atomic E-state index is 5.78. The lowest BCUT2D eigenvalue weighted by molar-refractivity contribution is 0.114. The van der Waals surface area contributed by atoms with E-state index in [1.165, 1.54) is 6.42 Å². The minimum atomic E-state index is 0.595. The van der Waals surface area contributed by atoms with Crippen molar-refractivity contribution in [2.75, 3.05) is 19.6 Å². The Balaban J connectivity index is 1.91. The van der Waals surface area contributed by atoms with Gasteiger partial charge in [-0.05, 0) is 38.3 Å². The van der Waals surface area contributed by atoms with Crippen LogP contribution < -0.4 is 5.73 Å². The molecule has 0 bridgehead atoms. The van der Waals surface area contributed by atoms with Crippen LogP contribution >= 0.6 is 0 Å². The first-order chi connectivity index (χ1) is 7.69. The van der Waals surface area contributed by atoms with E-state index < -0.39 is 0 Å². The van der Waals surface area contributed by atoms with Crippen molar-refractivity contribution in [1.82, 2.24) is 15.0 Å². The smallest absolute Gasteiger partial charge is 0.240 e. The van der Waals surface area contributed by atoms with Crippen molar-refractivity contribution < 1.29 is 4.52 Å². The van der Waals surface area contributed by atoms with Gasteiger partial charge in [-0.3, -0.25) is 4.90 Å². The molecule has 2 heterocycles. The first-order valence-corrected chi connectivity index (χ1v) is 5.90. The van der Waals surface area contributed by atoms with Crippen molar-refractivity contribution in [3.8, 4) is 0 Å². The van der Waals surface area contributed by atoms with Crippen LogP contribution in [0.25, 0.3) is 0 Å². The summed E-state index contributed by atoms with van der Waals surface area (Å²) in [6.07, 6.45) is 1.20. The molecule has 1 aromatic rings. The zero-order valence-electron chi connectivity index (χ0n) is 10.0. The summed E-state index contributed by atoms with van der Waals surface area (Å²) in [5.41, 5.74) is 5.78. The molecular formula is C11H20N4O. The number of nitrogens with zero attached hydrogens (tertiary/aromatic N) is 3. The van der Waals surface area contributed by atoms with E-state index in [9.17, 15) is 0 Å². The highest BCUT2D eigenvalue weighted by molar-refractivity contribution is 4.85. The van der Waals surface area contributed by atoms with E-state index in [-0.39, 0.29) is 0 Å². The summed E-state index contributed by atoms with van der Waals surface area (Å²) in [6, 6.07) is 0. The predicted octanol–water partition coefficient (Wildman–Crippen LogP) is 0.795. The van der Waals surface area contributed by atoms with Crippen LogP contribution in [0.2, 0.25) is 0 Å². The fraction of sp³-hybridized carbons (Fsp3) is 0.818. The van der Waals surface area contributed by atoms with Crippen molar-refractivity contribution in [2.45, 2.75) is 26.8 Å². The highest BCUT2D eigenvalue weighted by Gasteiger charge is 2.25. The Bertz CT molecular complexity index is 338. The molecule has 2 rings (SSSR count). The van der Waals surface area contributed by atoms with E-state index in [0.717, 1.165) is 32.1 Å². The van der Waals surface area contributed by atoms with Gasteiger partial charge in [-0.15, -0.1) is 0 Å². The molecule has 16 heavy (non-hydrogen) atoms. The standard InChI is InChI=1S/C11H20N4O/c1-8-3-4-15(6-10(8)5-12)7-11-13-9(2)14-16-11/h8,10H,3-7,12H2,1-2H3. The summed E-state index contributed by atoms with van der Waals surface area (Å²) >= 11 is 0. The fourth-order valence-corrected chi connectivity index (χ4v) is 2.27. The number of hydrogen-bond acceptors (Lipinski definition) is 5. The lowest BCUT2D eigenvalue weighted by Gasteiger charge is -2.35. The van der Waals surface area contributed by atoms with Gasteiger partial charge in [-0.1, -0.05) is 12.1 Å². The monoisotopic (exact) mass is 224 g/mol. The minimum absolute atomic E-state index is 0.595. The molecule has 2 unspecified atom stereocenters. The van der Waals surface area contributed by atoms with Crippen LogP contribution in [0.15, 0.2) is 4.52 Å². The van der Waals surface area contributed by atoms with Crippen LogP contribution in [0.1, 0.15) is 25.1 Å². The lowest BCUT2D eigenvalue weighted by atomic mass is 9.87. The van der Waals surface area contributed by atoms with Gasteiger partial charge >= 0.3 is 0 Å². The van der Waals surface area contributed by atoms with E-state index in [1.807, 2.05) is 6.92 Å². The number of aromatic nitrogens is 2. The first kappa shape index (κ1) is 11.5. The molecule has 1 aromatic heterocycles. The highest BCUT2D eigenvalue weighted by atomic mass is 16.5. The summed E-state index contributed by atoms with van der Waals surface area (Å²) in [6.45, 7) is 7.78. The Labute approximate surface area is 96.0 Å². The third-order valence-electron chi connectivity index (χ3n) is 3.43. The zero-order valence-corrected chi connectivity index (χ0v) is 10.0. The molecule has 1 saturated heterocycles. The maximum Gasteiger partial charge on any atom is 0.240 e. The van der Waals surface area contributed by atoms with Gasteiger partial charge in [-0.2, -0.15) is 4.98 Å². The van der Waals surface area contributed by atoms with Crippen LogP contribution in [-0.2, 0) is 6.54 Å². The van der Waals surface area contributed by atoms with Crippen molar-refractivity contribution in [3.05, 3.63) is 11.7 Å². The number of aryl methyl sites for hydroxylation is 1. The number of piperidine rings is 1. The van der Waals surface area contributed by atoms with Gasteiger partial charge in [0.15, 0.2) is 5.82 Å². The minimum Gasteiger partial charge on any atom is -0.338 e. The molecule has 0 aliphatic carbocycles. The quantitative estimate of drug-likeness (QED) is 0.822. The van der Waals surface area contributed by atoms with Crippen molar-refractivity contribution in [3.63, 3.8) is 0 Å². The highest BCUT2D eigenvalue weighted by Crippen LogP contribution is 2.23. The molecule has 90 valence electrons. The third-order valence-corrected chi connectivity index (χ3v) is 3.43. The normalized spacial score (nSPS) is 27.2. The van der Waals surface area contributed by atoms with E-state index in [1.54, 1.807) is 0 Å². The van der Waals surface area contributed by atoms with Crippen molar-refractivity contribution >= 4 is 0 Å². The summed E-state index contributed by atoms with van der Waals surface area (Å²) in [5.74, 6) is 2.74. The summed E-state index contributed by atoms with van der Waals surface area (Å²) < 4.78 is 5.13. The summed E-state index contributed by atoms with van der Waals surface area (Å²) in [7, 11) is 0. The average molecular weight is 224 g/mol. The summed E-state index contributed by atoms with van der Waals surface area (Å²) in [5, 5.41) is 3.80. The van der Waals surface area contributed by atoms with Gasteiger partial charge in [0.05, 0.1) is 6.54 Å². The second-order valence-electron chi connectivity index (χ2n) is 4.73. The zero-order chi connectivity index (χ0) is 11.5. The molecule has 0 aromatic carbocycles. The van der Waals surface area contributed by atoms with Crippen LogP contribution in [0, 0.1) is 18.8 Å². The number of rotatable bonds is 3. The Kier molecular flexibility index (Phi) is 3.56. The Morgan fingerprint density at radius 1 is 1.56 bits per heavy atom. The molecule has 0 amide bonds. The van der Waals surface area contributed by atoms with Gasteiger partial charge < -0.3 is 10.3 Å². The Morgan fingerprint density at radius 3 is 3.00 bits per heavy atom. The Morgan fingerprint density at radius 2 is 2.38 bits per heavy atom. The number of nitrogens with two attached hydrogens (primary N) is 1. The van der Waals surface area contributed by atoms with Gasteiger partial charge in [0.25, 0.3) is 0 Å². The molecule has 5 nitrogen and oxygen atoms in total. The molecule has 0 saturated carbocycles. The summed E-state index contributed by atoms with van der Waals surface area (Å²) in [4.78, 5) is 6.58. The topological polar surface area (TPSA) is 68.2 Å². The molecule has 5 heteroatoms.